The van der Waals surface area contributed by atoms with Gasteiger partial charge in [-0.25, -0.2) is 9.97 Å². The second-order valence-corrected chi connectivity index (χ2v) is 8.73. The van der Waals surface area contributed by atoms with Gasteiger partial charge in [0.2, 0.25) is 0 Å². The maximum Gasteiger partial charge on any atom is 0.416 e. The average Bonchev–Trinajstić information content (AvgIpc) is 3.15. The second kappa shape index (κ2) is 11.2. The number of para-hydroxylation sites is 1. The molecule has 2 aromatic carbocycles. The van der Waals surface area contributed by atoms with E-state index in [-0.39, 0.29) is 37.3 Å². The predicted octanol–water partition coefficient (Wildman–Crippen LogP) is 3.76. The minimum atomic E-state index is -4.44. The lowest BCUT2D eigenvalue weighted by atomic mass is 9.88. The van der Waals surface area contributed by atoms with E-state index in [4.69, 9.17) is 4.74 Å². The van der Waals surface area contributed by atoms with Gasteiger partial charge in [0.15, 0.2) is 5.82 Å². The molecule has 186 valence electrons. The molecule has 1 heterocycles. The van der Waals surface area contributed by atoms with E-state index in [1.807, 2.05) is 30.3 Å². The van der Waals surface area contributed by atoms with Crippen LogP contribution in [0.2, 0.25) is 0 Å². The highest BCUT2D eigenvalue weighted by atomic mass is 19.4. The Bertz CT molecular complexity index is 1100. The summed E-state index contributed by atoms with van der Waals surface area (Å²) in [6.45, 7) is -0.0374. The van der Waals surface area contributed by atoms with E-state index in [9.17, 15) is 23.4 Å². The highest BCUT2D eigenvalue weighted by molar-refractivity contribution is 5.29. The van der Waals surface area contributed by atoms with Crippen molar-refractivity contribution in [3.8, 4) is 5.75 Å². The van der Waals surface area contributed by atoms with Gasteiger partial charge in [-0.3, -0.25) is 0 Å². The van der Waals surface area contributed by atoms with E-state index in [1.54, 1.807) is 18.3 Å². The number of nitrogens with zero attached hydrogens (tertiary/aromatic N) is 2. The summed E-state index contributed by atoms with van der Waals surface area (Å²) in [6.07, 6.45) is -2.81. The Hall–Kier alpha value is -3.01. The SMILES string of the molecule is OCC1C(O)CC(NCc2ccccc2C(F)(F)F)C1Cc1ccnc(COc2ccccc2)n1. The van der Waals surface area contributed by atoms with Crippen LogP contribution in [0.25, 0.3) is 0 Å². The number of nitrogens with one attached hydrogen (secondary N) is 1. The molecule has 1 aliphatic rings. The Morgan fingerprint density at radius 3 is 2.49 bits per heavy atom. The lowest BCUT2D eigenvalue weighted by Gasteiger charge is -2.25. The van der Waals surface area contributed by atoms with Gasteiger partial charge in [0, 0.05) is 37.0 Å². The molecule has 9 heteroatoms. The van der Waals surface area contributed by atoms with Crippen molar-refractivity contribution in [1.29, 1.82) is 0 Å². The average molecular weight is 488 g/mol. The fourth-order valence-corrected chi connectivity index (χ4v) is 4.70. The normalized spacial score (nSPS) is 22.3. The minimum Gasteiger partial charge on any atom is -0.486 e. The van der Waals surface area contributed by atoms with Gasteiger partial charge < -0.3 is 20.3 Å². The molecule has 0 spiro atoms. The molecule has 4 atom stereocenters. The first kappa shape index (κ1) is 25.1. The number of rotatable bonds is 9. The van der Waals surface area contributed by atoms with Gasteiger partial charge in [0.05, 0.1) is 11.7 Å². The van der Waals surface area contributed by atoms with E-state index in [0.717, 1.165) is 6.07 Å². The maximum atomic E-state index is 13.4. The summed E-state index contributed by atoms with van der Waals surface area (Å²) in [5.41, 5.74) is 0.176. The predicted molar refractivity (Wildman–Crippen MR) is 123 cm³/mol. The first-order valence-corrected chi connectivity index (χ1v) is 11.5. The summed E-state index contributed by atoms with van der Waals surface area (Å²) in [4.78, 5) is 8.82. The molecule has 1 saturated carbocycles. The standard InChI is InChI=1S/C26H28F3N3O3/c27-26(28,29)22-9-5-4-6-17(22)14-31-23-13-24(34)21(15-33)20(23)12-18-10-11-30-25(32-18)16-35-19-7-2-1-3-8-19/h1-11,20-21,23-24,31,33-34H,12-16H2. The molecule has 0 aliphatic heterocycles. The van der Waals surface area contributed by atoms with E-state index in [0.29, 0.717) is 30.1 Å². The Morgan fingerprint density at radius 2 is 1.74 bits per heavy atom. The van der Waals surface area contributed by atoms with Crippen molar-refractivity contribution in [2.75, 3.05) is 6.61 Å². The van der Waals surface area contributed by atoms with Crippen LogP contribution in [0, 0.1) is 11.8 Å². The Kier molecular flexibility index (Phi) is 8.00. The van der Waals surface area contributed by atoms with Crippen LogP contribution in [-0.4, -0.2) is 38.9 Å². The van der Waals surface area contributed by atoms with Crippen molar-refractivity contribution in [3.05, 3.63) is 89.5 Å². The van der Waals surface area contributed by atoms with Crippen molar-refractivity contribution in [3.63, 3.8) is 0 Å². The molecule has 1 aliphatic carbocycles. The van der Waals surface area contributed by atoms with Crippen molar-refractivity contribution in [2.45, 2.75) is 44.3 Å². The monoisotopic (exact) mass is 487 g/mol. The number of halogens is 3. The van der Waals surface area contributed by atoms with Crippen LogP contribution in [0.5, 0.6) is 5.75 Å². The molecule has 3 N–H and O–H groups in total. The highest BCUT2D eigenvalue weighted by Crippen LogP contribution is 2.36. The topological polar surface area (TPSA) is 87.5 Å². The maximum absolute atomic E-state index is 13.4. The van der Waals surface area contributed by atoms with Crippen LogP contribution in [0.1, 0.15) is 29.1 Å². The third-order valence-corrected chi connectivity index (χ3v) is 6.46. The second-order valence-electron chi connectivity index (χ2n) is 8.73. The van der Waals surface area contributed by atoms with Gasteiger partial charge in [-0.15, -0.1) is 0 Å². The van der Waals surface area contributed by atoms with Crippen LogP contribution >= 0.6 is 0 Å². The number of aliphatic hydroxyl groups excluding tert-OH is 2. The molecule has 0 amide bonds. The minimum absolute atomic E-state index is 0.00164. The van der Waals surface area contributed by atoms with Gasteiger partial charge >= 0.3 is 6.18 Å². The van der Waals surface area contributed by atoms with Crippen LogP contribution in [-0.2, 0) is 25.7 Å². The zero-order valence-corrected chi connectivity index (χ0v) is 19.0. The number of hydrogen-bond acceptors (Lipinski definition) is 6. The van der Waals surface area contributed by atoms with E-state index in [2.05, 4.69) is 15.3 Å². The molecule has 0 bridgehead atoms. The summed E-state index contributed by atoms with van der Waals surface area (Å²) in [7, 11) is 0. The van der Waals surface area contributed by atoms with E-state index >= 15 is 0 Å². The molecular formula is C26H28F3N3O3. The molecule has 6 nitrogen and oxygen atoms in total. The molecule has 4 unspecified atom stereocenters. The van der Waals surface area contributed by atoms with Gasteiger partial charge in [0.25, 0.3) is 0 Å². The Balaban J connectivity index is 1.45. The smallest absolute Gasteiger partial charge is 0.416 e. The lowest BCUT2D eigenvalue weighted by molar-refractivity contribution is -0.138. The quantitative estimate of drug-likeness (QED) is 0.426. The highest BCUT2D eigenvalue weighted by Gasteiger charge is 2.42. The molecule has 0 radical (unpaired) electrons. The number of ether oxygens (including phenoxy) is 1. The van der Waals surface area contributed by atoms with Gasteiger partial charge in [0.1, 0.15) is 12.4 Å². The molecule has 4 rings (SSSR count). The first-order chi connectivity index (χ1) is 16.8. The number of aliphatic hydroxyl groups is 2. The van der Waals surface area contributed by atoms with Crippen LogP contribution in [0.3, 0.4) is 0 Å². The van der Waals surface area contributed by atoms with Crippen molar-refractivity contribution in [1.82, 2.24) is 15.3 Å². The van der Waals surface area contributed by atoms with Crippen molar-refractivity contribution < 1.29 is 28.1 Å². The fraction of sp³-hybridized carbons (Fsp3) is 0.385. The Morgan fingerprint density at radius 1 is 1.00 bits per heavy atom. The molecule has 3 aromatic rings. The van der Waals surface area contributed by atoms with E-state index < -0.39 is 23.8 Å². The van der Waals surface area contributed by atoms with Gasteiger partial charge in [-0.05, 0) is 48.6 Å². The molecule has 0 saturated heterocycles. The largest absolute Gasteiger partial charge is 0.486 e. The van der Waals surface area contributed by atoms with Gasteiger partial charge in [-0.2, -0.15) is 13.2 Å². The van der Waals surface area contributed by atoms with E-state index in [1.165, 1.54) is 12.1 Å². The number of hydrogen-bond donors (Lipinski definition) is 3. The van der Waals surface area contributed by atoms with Crippen LogP contribution in [0.4, 0.5) is 13.2 Å². The number of aromatic nitrogens is 2. The number of alkyl halides is 3. The summed E-state index contributed by atoms with van der Waals surface area (Å²) < 4.78 is 45.8. The summed E-state index contributed by atoms with van der Waals surface area (Å²) in [6, 6.07) is 16.2. The molecule has 1 fully saturated rings. The first-order valence-electron chi connectivity index (χ1n) is 11.5. The van der Waals surface area contributed by atoms with Gasteiger partial charge in [-0.1, -0.05) is 36.4 Å². The third-order valence-electron chi connectivity index (χ3n) is 6.46. The van der Waals surface area contributed by atoms with Crippen LogP contribution in [0.15, 0.2) is 66.9 Å². The summed E-state index contributed by atoms with van der Waals surface area (Å²) in [5, 5.41) is 23.6. The number of benzene rings is 2. The van der Waals surface area contributed by atoms with Crippen molar-refractivity contribution >= 4 is 0 Å². The summed E-state index contributed by atoms with van der Waals surface area (Å²) >= 11 is 0. The molecular weight excluding hydrogens is 459 g/mol. The zero-order chi connectivity index (χ0) is 24.8. The third kappa shape index (κ3) is 6.36. The summed E-state index contributed by atoms with van der Waals surface area (Å²) in [5.74, 6) is 0.563. The molecule has 1 aromatic heterocycles. The molecule has 35 heavy (non-hydrogen) atoms. The van der Waals surface area contributed by atoms with Crippen molar-refractivity contribution in [2.24, 2.45) is 11.8 Å². The Labute approximate surface area is 201 Å². The fourth-order valence-electron chi connectivity index (χ4n) is 4.70. The van der Waals surface area contributed by atoms with Crippen LogP contribution < -0.4 is 10.1 Å². The zero-order valence-electron chi connectivity index (χ0n) is 19.0. The lowest BCUT2D eigenvalue weighted by Crippen LogP contribution is -2.36.